The zero-order chi connectivity index (χ0) is 31.8. The summed E-state index contributed by atoms with van der Waals surface area (Å²) in [6, 6.07) is 8.82. The molecule has 3 amide bonds. The first kappa shape index (κ1) is 30.9. The van der Waals surface area contributed by atoms with Crippen molar-refractivity contribution in [1.29, 1.82) is 5.26 Å². The minimum Gasteiger partial charge on any atom is -0.351 e. The second kappa shape index (κ2) is 12.2. The van der Waals surface area contributed by atoms with Crippen LogP contribution < -0.4 is 15.1 Å². The smallest absolute Gasteiger partial charge is 0.252 e. The van der Waals surface area contributed by atoms with Gasteiger partial charge in [-0.25, -0.2) is 22.5 Å². The molecule has 0 bridgehead atoms. The Morgan fingerprint density at radius 3 is 2.45 bits per heavy atom. The van der Waals surface area contributed by atoms with Gasteiger partial charge in [-0.1, -0.05) is 29.8 Å². The molecule has 44 heavy (non-hydrogen) atoms. The minimum atomic E-state index is -2.97. The average Bonchev–Trinajstić information content (AvgIpc) is 2.94. The Balaban J connectivity index is 1.66. The zero-order valence-electron chi connectivity index (χ0n) is 23.2. The molecule has 1 saturated heterocycles. The zero-order valence-corrected chi connectivity index (χ0v) is 23.9. The molecule has 2 aromatic carbocycles. The molecule has 0 radical (unpaired) electrons. The summed E-state index contributed by atoms with van der Waals surface area (Å²) in [6.07, 6.45) is 0.0232. The van der Waals surface area contributed by atoms with Crippen molar-refractivity contribution in [3.63, 3.8) is 0 Å². The molecule has 1 saturated carbocycles. The van der Waals surface area contributed by atoms with E-state index < -0.39 is 66.2 Å². The van der Waals surface area contributed by atoms with E-state index >= 15 is 0 Å². The molecule has 1 unspecified atom stereocenters. The number of likely N-dealkylation sites (N-methyl/N-ethyl adjacent to an activating group) is 1. The maximum absolute atomic E-state index is 14.7. The van der Waals surface area contributed by atoms with Gasteiger partial charge in [-0.2, -0.15) is 5.26 Å². The fraction of sp³-hybridized carbons (Fsp3) is 0.300. The van der Waals surface area contributed by atoms with Gasteiger partial charge in [0.15, 0.2) is 0 Å². The number of hydrogen-bond donors (Lipinski definition) is 1. The lowest BCUT2D eigenvalue weighted by Gasteiger charge is -2.42. The van der Waals surface area contributed by atoms with Gasteiger partial charge in [0.2, 0.25) is 11.8 Å². The third kappa shape index (κ3) is 6.36. The van der Waals surface area contributed by atoms with E-state index in [1.807, 2.05) is 6.07 Å². The first-order chi connectivity index (χ1) is 20.9. The van der Waals surface area contributed by atoms with Gasteiger partial charge < -0.3 is 5.32 Å². The summed E-state index contributed by atoms with van der Waals surface area (Å²) in [5.41, 5.74) is -0.184. The van der Waals surface area contributed by atoms with E-state index in [-0.39, 0.29) is 40.7 Å². The molecule has 1 aliphatic heterocycles. The molecule has 14 heteroatoms. The van der Waals surface area contributed by atoms with Gasteiger partial charge in [0, 0.05) is 48.3 Å². The van der Waals surface area contributed by atoms with Crippen molar-refractivity contribution >= 4 is 40.8 Å². The number of halogens is 5. The van der Waals surface area contributed by atoms with Crippen LogP contribution in [0.25, 0.3) is 0 Å². The number of nitrogens with zero attached hydrogens (tertiary/aromatic N) is 5. The Labute approximate surface area is 254 Å². The summed E-state index contributed by atoms with van der Waals surface area (Å²) < 4.78 is 56.6. The Morgan fingerprint density at radius 2 is 1.82 bits per heavy atom. The predicted molar refractivity (Wildman–Crippen MR) is 152 cm³/mol. The number of carbonyl (C=O) groups excluding carboxylic acids is 3. The number of nitrogens with one attached hydrogen (secondary N) is 1. The second-order valence-electron chi connectivity index (χ2n) is 10.7. The number of rotatable bonds is 7. The SMILES string of the molecule is CN1CC(=O)N(c2cc(C#N)ccn2)[C@H](C(=O)N(c2cc(F)cc(F)c2)C(C(=O)NC2CC(F)(F)C2)c2ccccc2Cl)C1. The van der Waals surface area contributed by atoms with Crippen molar-refractivity contribution in [2.45, 2.75) is 36.9 Å². The van der Waals surface area contributed by atoms with Crippen molar-refractivity contribution in [2.24, 2.45) is 0 Å². The lowest BCUT2D eigenvalue weighted by Crippen LogP contribution is -2.63. The van der Waals surface area contributed by atoms with Gasteiger partial charge in [0.25, 0.3) is 11.8 Å². The summed E-state index contributed by atoms with van der Waals surface area (Å²) in [4.78, 5) is 49.6. The molecular weight excluding hydrogens is 604 g/mol. The molecule has 5 rings (SSSR count). The number of piperazine rings is 1. The summed E-state index contributed by atoms with van der Waals surface area (Å²) in [7, 11) is 1.58. The van der Waals surface area contributed by atoms with Crippen molar-refractivity contribution in [3.05, 3.63) is 88.6 Å². The molecule has 2 atom stereocenters. The maximum Gasteiger partial charge on any atom is 0.252 e. The molecule has 9 nitrogen and oxygen atoms in total. The highest BCUT2D eigenvalue weighted by atomic mass is 35.5. The number of carbonyl (C=O) groups is 3. The summed E-state index contributed by atoms with van der Waals surface area (Å²) in [6.45, 7) is -0.218. The number of nitriles is 1. The average molecular weight is 629 g/mol. The number of anilines is 2. The minimum absolute atomic E-state index is 0.0124. The van der Waals surface area contributed by atoms with E-state index in [1.165, 1.54) is 36.5 Å². The lowest BCUT2D eigenvalue weighted by molar-refractivity contribution is -0.133. The summed E-state index contributed by atoms with van der Waals surface area (Å²) in [5, 5.41) is 11.9. The molecular formula is C30H25ClF4N6O3. The molecule has 1 aromatic heterocycles. The van der Waals surface area contributed by atoms with E-state index in [1.54, 1.807) is 18.0 Å². The Kier molecular flexibility index (Phi) is 8.58. The highest BCUT2D eigenvalue weighted by Crippen LogP contribution is 2.39. The highest BCUT2D eigenvalue weighted by molar-refractivity contribution is 6.31. The van der Waals surface area contributed by atoms with Gasteiger partial charge in [0.1, 0.15) is 29.5 Å². The molecule has 0 spiro atoms. The standard InChI is InChI=1S/C30H25ClF4N6O3/c1-39-15-24(41(26(42)16-39)25-8-17(14-36)6-7-37-25)29(44)40(21-10-18(32)9-19(33)11-21)27(22-4-2-3-5-23(22)31)28(43)38-20-12-30(34,35)13-20/h2-11,20,24,27H,12-13,15-16H2,1H3,(H,38,43)/t24-,27?/m0/s1. The Bertz CT molecular complexity index is 1640. The van der Waals surface area contributed by atoms with Gasteiger partial charge in [-0.05, 0) is 37.4 Å². The van der Waals surface area contributed by atoms with E-state index in [0.29, 0.717) is 6.07 Å². The third-order valence-electron chi connectivity index (χ3n) is 7.38. The van der Waals surface area contributed by atoms with Crippen LogP contribution >= 0.6 is 11.6 Å². The fourth-order valence-electron chi connectivity index (χ4n) is 5.40. The monoisotopic (exact) mass is 628 g/mol. The first-order valence-corrected chi connectivity index (χ1v) is 13.8. The quantitative estimate of drug-likeness (QED) is 0.393. The van der Waals surface area contributed by atoms with Gasteiger partial charge in [-0.3, -0.25) is 29.1 Å². The van der Waals surface area contributed by atoms with Gasteiger partial charge in [0.05, 0.1) is 23.9 Å². The van der Waals surface area contributed by atoms with Crippen LogP contribution in [-0.2, 0) is 14.4 Å². The van der Waals surface area contributed by atoms with Crippen molar-refractivity contribution < 1.29 is 31.9 Å². The van der Waals surface area contributed by atoms with Crippen molar-refractivity contribution in [1.82, 2.24) is 15.2 Å². The third-order valence-corrected chi connectivity index (χ3v) is 7.73. The molecule has 1 N–H and O–H groups in total. The fourth-order valence-corrected chi connectivity index (χ4v) is 5.64. The first-order valence-electron chi connectivity index (χ1n) is 13.5. The molecule has 3 aromatic rings. The number of amides is 3. The van der Waals surface area contributed by atoms with Crippen molar-refractivity contribution in [2.75, 3.05) is 29.9 Å². The van der Waals surface area contributed by atoms with Crippen LogP contribution in [0.3, 0.4) is 0 Å². The van der Waals surface area contributed by atoms with Gasteiger partial charge in [-0.15, -0.1) is 0 Å². The number of hydrogen-bond acceptors (Lipinski definition) is 6. The van der Waals surface area contributed by atoms with E-state index in [2.05, 4.69) is 10.3 Å². The second-order valence-corrected chi connectivity index (χ2v) is 11.1. The molecule has 2 heterocycles. The Hall–Kier alpha value is -4.54. The summed E-state index contributed by atoms with van der Waals surface area (Å²) >= 11 is 6.48. The van der Waals surface area contributed by atoms with E-state index in [4.69, 9.17) is 11.6 Å². The molecule has 228 valence electrons. The number of alkyl halides is 2. The van der Waals surface area contributed by atoms with Crippen LogP contribution in [0.1, 0.15) is 30.0 Å². The molecule has 1 aliphatic carbocycles. The van der Waals surface area contributed by atoms with Crippen LogP contribution in [-0.4, -0.2) is 65.7 Å². The lowest BCUT2D eigenvalue weighted by atomic mass is 9.87. The van der Waals surface area contributed by atoms with E-state index in [0.717, 1.165) is 21.9 Å². The van der Waals surface area contributed by atoms with Crippen LogP contribution in [0, 0.1) is 23.0 Å². The largest absolute Gasteiger partial charge is 0.351 e. The predicted octanol–water partition coefficient (Wildman–Crippen LogP) is 4.22. The summed E-state index contributed by atoms with van der Waals surface area (Å²) in [5.74, 6) is -7.57. The topological polar surface area (TPSA) is 110 Å². The van der Waals surface area contributed by atoms with Crippen LogP contribution in [0.5, 0.6) is 0 Å². The van der Waals surface area contributed by atoms with E-state index in [9.17, 15) is 37.2 Å². The molecule has 2 fully saturated rings. The maximum atomic E-state index is 14.7. The van der Waals surface area contributed by atoms with Crippen LogP contribution in [0.15, 0.2) is 60.8 Å². The highest BCUT2D eigenvalue weighted by Gasteiger charge is 2.48. The van der Waals surface area contributed by atoms with Crippen LogP contribution in [0.4, 0.5) is 29.1 Å². The number of aromatic nitrogens is 1. The van der Waals surface area contributed by atoms with Crippen LogP contribution in [0.2, 0.25) is 5.02 Å². The van der Waals surface area contributed by atoms with Gasteiger partial charge >= 0.3 is 0 Å². The number of benzene rings is 2. The Morgan fingerprint density at radius 1 is 1.14 bits per heavy atom. The molecule has 2 aliphatic rings. The number of pyridine rings is 1. The van der Waals surface area contributed by atoms with Crippen molar-refractivity contribution in [3.8, 4) is 6.07 Å². The normalized spacial score (nSPS) is 19.1.